The fraction of sp³-hybridized carbons (Fsp3) is 0.438. The van der Waals surface area contributed by atoms with Crippen molar-refractivity contribution in [3.63, 3.8) is 0 Å². The average molecular weight is 256 g/mol. The fourth-order valence-corrected chi connectivity index (χ4v) is 3.12. The standard InChI is InChI=1S/C16H20N2O/c17-14-9-4-10-15-13(14)8-5-11-18(15)16(19)12-6-2-1-3-7-12/h1-2,4,9-10,12H,3,5-8,11,17H2. The quantitative estimate of drug-likeness (QED) is 0.620. The Kier molecular flexibility index (Phi) is 3.28. The summed E-state index contributed by atoms with van der Waals surface area (Å²) in [4.78, 5) is 14.6. The first-order valence-corrected chi connectivity index (χ1v) is 7.11. The topological polar surface area (TPSA) is 46.3 Å². The van der Waals surface area contributed by atoms with Gasteiger partial charge in [-0.05, 0) is 49.8 Å². The molecule has 100 valence electrons. The van der Waals surface area contributed by atoms with Crippen LogP contribution in [0.4, 0.5) is 11.4 Å². The van der Waals surface area contributed by atoms with Crippen molar-refractivity contribution in [2.45, 2.75) is 32.1 Å². The normalized spacial score (nSPS) is 22.1. The molecule has 1 amide bonds. The molecule has 0 saturated carbocycles. The van der Waals surface area contributed by atoms with Crippen LogP contribution in [0.3, 0.4) is 0 Å². The molecule has 3 heteroatoms. The molecule has 1 unspecified atom stereocenters. The number of anilines is 2. The number of benzene rings is 1. The predicted molar refractivity (Wildman–Crippen MR) is 78.0 cm³/mol. The molecule has 0 fully saturated rings. The van der Waals surface area contributed by atoms with Crippen LogP contribution in [0, 0.1) is 5.92 Å². The molecule has 1 heterocycles. The maximum Gasteiger partial charge on any atom is 0.230 e. The molecule has 0 bridgehead atoms. The lowest BCUT2D eigenvalue weighted by atomic mass is 9.91. The van der Waals surface area contributed by atoms with Gasteiger partial charge >= 0.3 is 0 Å². The molecule has 2 N–H and O–H groups in total. The lowest BCUT2D eigenvalue weighted by Crippen LogP contribution is -2.40. The Balaban J connectivity index is 1.89. The first kappa shape index (κ1) is 12.3. The molecule has 1 aliphatic heterocycles. The largest absolute Gasteiger partial charge is 0.398 e. The van der Waals surface area contributed by atoms with Gasteiger partial charge in [-0.2, -0.15) is 0 Å². The summed E-state index contributed by atoms with van der Waals surface area (Å²) >= 11 is 0. The van der Waals surface area contributed by atoms with E-state index in [-0.39, 0.29) is 11.8 Å². The van der Waals surface area contributed by atoms with Crippen molar-refractivity contribution in [3.05, 3.63) is 35.9 Å². The SMILES string of the molecule is Nc1cccc2c1CCCN2C(=O)C1CC=CCC1. The summed E-state index contributed by atoms with van der Waals surface area (Å²) < 4.78 is 0. The van der Waals surface area contributed by atoms with Crippen LogP contribution in [0.15, 0.2) is 30.4 Å². The highest BCUT2D eigenvalue weighted by Gasteiger charge is 2.29. The maximum atomic E-state index is 12.7. The molecule has 1 aliphatic carbocycles. The van der Waals surface area contributed by atoms with Crippen LogP contribution in [0.2, 0.25) is 0 Å². The number of carbonyl (C=O) groups excluding carboxylic acids is 1. The molecule has 1 aromatic carbocycles. The smallest absolute Gasteiger partial charge is 0.230 e. The summed E-state index contributed by atoms with van der Waals surface area (Å²) in [6.07, 6.45) is 9.18. The summed E-state index contributed by atoms with van der Waals surface area (Å²) in [6, 6.07) is 5.90. The lowest BCUT2D eigenvalue weighted by Gasteiger charge is -2.33. The summed E-state index contributed by atoms with van der Waals surface area (Å²) in [7, 11) is 0. The number of nitrogen functional groups attached to an aromatic ring is 1. The summed E-state index contributed by atoms with van der Waals surface area (Å²) in [5, 5.41) is 0. The van der Waals surface area contributed by atoms with E-state index in [0.717, 1.165) is 55.6 Å². The van der Waals surface area contributed by atoms with Gasteiger partial charge in [0.1, 0.15) is 0 Å². The van der Waals surface area contributed by atoms with Crippen LogP contribution in [0.25, 0.3) is 0 Å². The fourth-order valence-electron chi connectivity index (χ4n) is 3.12. The number of nitrogens with two attached hydrogens (primary N) is 1. The van der Waals surface area contributed by atoms with Gasteiger partial charge in [-0.3, -0.25) is 4.79 Å². The average Bonchev–Trinajstić information content (AvgIpc) is 2.47. The second-order valence-electron chi connectivity index (χ2n) is 5.42. The van der Waals surface area contributed by atoms with Crippen LogP contribution in [-0.4, -0.2) is 12.5 Å². The number of nitrogens with zero attached hydrogens (tertiary/aromatic N) is 1. The minimum atomic E-state index is 0.150. The summed E-state index contributed by atoms with van der Waals surface area (Å²) in [5.74, 6) is 0.424. The first-order chi connectivity index (χ1) is 9.27. The number of amides is 1. The monoisotopic (exact) mass is 256 g/mol. The van der Waals surface area contributed by atoms with E-state index in [1.165, 1.54) is 0 Å². The van der Waals surface area contributed by atoms with Gasteiger partial charge in [-0.25, -0.2) is 0 Å². The molecular formula is C16H20N2O. The highest BCUT2D eigenvalue weighted by Crippen LogP contribution is 2.33. The Labute approximate surface area is 114 Å². The van der Waals surface area contributed by atoms with Crippen molar-refractivity contribution >= 4 is 17.3 Å². The molecule has 19 heavy (non-hydrogen) atoms. The summed E-state index contributed by atoms with van der Waals surface area (Å²) in [6.45, 7) is 0.829. The van der Waals surface area contributed by atoms with Gasteiger partial charge in [0.05, 0.1) is 0 Å². The zero-order chi connectivity index (χ0) is 13.2. The molecule has 0 spiro atoms. The van der Waals surface area contributed by atoms with Crippen LogP contribution in [0.1, 0.15) is 31.2 Å². The highest BCUT2D eigenvalue weighted by molar-refractivity contribution is 5.97. The van der Waals surface area contributed by atoms with E-state index < -0.39 is 0 Å². The van der Waals surface area contributed by atoms with Gasteiger partial charge in [0.15, 0.2) is 0 Å². The Bertz CT molecular complexity index is 521. The number of rotatable bonds is 1. The predicted octanol–water partition coefficient (Wildman–Crippen LogP) is 2.90. The van der Waals surface area contributed by atoms with Crippen molar-refractivity contribution in [2.75, 3.05) is 17.2 Å². The van der Waals surface area contributed by atoms with E-state index in [9.17, 15) is 4.79 Å². The Morgan fingerprint density at radius 3 is 3.00 bits per heavy atom. The maximum absolute atomic E-state index is 12.7. The minimum absolute atomic E-state index is 0.150. The summed E-state index contributed by atoms with van der Waals surface area (Å²) in [5.41, 5.74) is 9.03. The third-order valence-electron chi connectivity index (χ3n) is 4.17. The molecule has 3 nitrogen and oxygen atoms in total. The zero-order valence-corrected chi connectivity index (χ0v) is 11.1. The van der Waals surface area contributed by atoms with Gasteiger partial charge < -0.3 is 10.6 Å². The zero-order valence-electron chi connectivity index (χ0n) is 11.1. The van der Waals surface area contributed by atoms with Gasteiger partial charge in [-0.15, -0.1) is 0 Å². The number of allylic oxidation sites excluding steroid dienone is 2. The molecule has 2 aliphatic rings. The van der Waals surface area contributed by atoms with Crippen LogP contribution < -0.4 is 10.6 Å². The second kappa shape index (κ2) is 5.08. The molecule has 0 radical (unpaired) electrons. The second-order valence-corrected chi connectivity index (χ2v) is 5.42. The third kappa shape index (κ3) is 2.25. The van der Waals surface area contributed by atoms with Crippen molar-refractivity contribution in [2.24, 2.45) is 5.92 Å². The number of hydrogen-bond acceptors (Lipinski definition) is 2. The first-order valence-electron chi connectivity index (χ1n) is 7.11. The molecule has 3 rings (SSSR count). The molecule has 1 aromatic rings. The van der Waals surface area contributed by atoms with Crippen LogP contribution in [0.5, 0.6) is 0 Å². The molecule has 1 atom stereocenters. The van der Waals surface area contributed by atoms with E-state index in [0.29, 0.717) is 0 Å². The van der Waals surface area contributed by atoms with Gasteiger partial charge in [0.25, 0.3) is 0 Å². The van der Waals surface area contributed by atoms with Crippen LogP contribution >= 0.6 is 0 Å². The highest BCUT2D eigenvalue weighted by atomic mass is 16.2. The van der Waals surface area contributed by atoms with Gasteiger partial charge in [0.2, 0.25) is 5.91 Å². The van der Waals surface area contributed by atoms with Crippen molar-refractivity contribution in [1.29, 1.82) is 0 Å². The van der Waals surface area contributed by atoms with E-state index in [2.05, 4.69) is 12.2 Å². The van der Waals surface area contributed by atoms with E-state index in [1.54, 1.807) is 0 Å². The van der Waals surface area contributed by atoms with Crippen molar-refractivity contribution in [1.82, 2.24) is 0 Å². The number of carbonyl (C=O) groups is 1. The van der Waals surface area contributed by atoms with E-state index >= 15 is 0 Å². The minimum Gasteiger partial charge on any atom is -0.398 e. The Hall–Kier alpha value is -1.77. The van der Waals surface area contributed by atoms with Gasteiger partial charge in [0, 0.05) is 23.8 Å². The number of hydrogen-bond donors (Lipinski definition) is 1. The van der Waals surface area contributed by atoms with E-state index in [4.69, 9.17) is 5.73 Å². The van der Waals surface area contributed by atoms with Gasteiger partial charge in [-0.1, -0.05) is 18.2 Å². The van der Waals surface area contributed by atoms with Crippen molar-refractivity contribution < 1.29 is 4.79 Å². The van der Waals surface area contributed by atoms with E-state index in [1.807, 2.05) is 23.1 Å². The van der Waals surface area contributed by atoms with Crippen LogP contribution in [-0.2, 0) is 11.2 Å². The Morgan fingerprint density at radius 2 is 2.21 bits per heavy atom. The van der Waals surface area contributed by atoms with Crippen molar-refractivity contribution in [3.8, 4) is 0 Å². The third-order valence-corrected chi connectivity index (χ3v) is 4.17. The molecular weight excluding hydrogens is 236 g/mol. The lowest BCUT2D eigenvalue weighted by molar-refractivity contribution is -0.122. The number of fused-ring (bicyclic) bond motifs is 1. The molecule has 0 aromatic heterocycles. The molecule has 0 saturated heterocycles. The Morgan fingerprint density at radius 1 is 1.32 bits per heavy atom.